The van der Waals surface area contributed by atoms with Crippen LogP contribution in [0.4, 0.5) is 0 Å². The molecule has 1 unspecified atom stereocenters. The van der Waals surface area contributed by atoms with Gasteiger partial charge in [0.05, 0.1) is 0 Å². The SMILES string of the molecule is CCCn1ccnc1CC(N)C1CCCCCCC1. The topological polar surface area (TPSA) is 43.8 Å². The molecule has 0 bridgehead atoms. The molecule has 1 saturated carbocycles. The molecule has 1 aromatic heterocycles. The molecule has 0 saturated heterocycles. The van der Waals surface area contributed by atoms with Crippen molar-refractivity contribution in [2.24, 2.45) is 11.7 Å². The Kier molecular flexibility index (Phi) is 5.90. The molecule has 3 nitrogen and oxygen atoms in total. The van der Waals surface area contributed by atoms with Gasteiger partial charge in [-0.1, -0.05) is 39.0 Å². The van der Waals surface area contributed by atoms with Gasteiger partial charge in [-0.15, -0.1) is 0 Å². The van der Waals surface area contributed by atoms with Crippen molar-refractivity contribution in [2.75, 3.05) is 0 Å². The average Bonchev–Trinajstić information content (AvgIpc) is 2.76. The Morgan fingerprint density at radius 1 is 1.26 bits per heavy atom. The van der Waals surface area contributed by atoms with Crippen LogP contribution in [0.1, 0.15) is 64.1 Å². The van der Waals surface area contributed by atoms with E-state index in [-0.39, 0.29) is 6.04 Å². The smallest absolute Gasteiger partial charge is 0.110 e. The van der Waals surface area contributed by atoms with E-state index in [1.165, 1.54) is 50.8 Å². The third kappa shape index (κ3) is 4.34. The Bertz CT molecular complexity index is 351. The van der Waals surface area contributed by atoms with Crippen molar-refractivity contribution in [3.05, 3.63) is 18.2 Å². The highest BCUT2D eigenvalue weighted by molar-refractivity contribution is 4.96. The van der Waals surface area contributed by atoms with Crippen LogP contribution >= 0.6 is 0 Å². The summed E-state index contributed by atoms with van der Waals surface area (Å²) in [5, 5.41) is 0. The summed E-state index contributed by atoms with van der Waals surface area (Å²) in [5.74, 6) is 1.88. The molecule has 1 aliphatic rings. The molecule has 1 heterocycles. The van der Waals surface area contributed by atoms with Crippen LogP contribution in [0.5, 0.6) is 0 Å². The maximum atomic E-state index is 6.47. The van der Waals surface area contributed by atoms with Crippen LogP contribution in [-0.4, -0.2) is 15.6 Å². The van der Waals surface area contributed by atoms with Gasteiger partial charge < -0.3 is 10.3 Å². The van der Waals surface area contributed by atoms with E-state index in [9.17, 15) is 0 Å². The fraction of sp³-hybridized carbons (Fsp3) is 0.812. The second-order valence-corrected chi connectivity index (χ2v) is 6.01. The van der Waals surface area contributed by atoms with Gasteiger partial charge in [-0.2, -0.15) is 0 Å². The number of hydrogen-bond donors (Lipinski definition) is 1. The van der Waals surface area contributed by atoms with Crippen LogP contribution in [0, 0.1) is 5.92 Å². The molecular formula is C16H29N3. The highest BCUT2D eigenvalue weighted by Gasteiger charge is 2.20. The largest absolute Gasteiger partial charge is 0.335 e. The first kappa shape index (κ1) is 14.6. The van der Waals surface area contributed by atoms with E-state index in [1.807, 2.05) is 6.20 Å². The van der Waals surface area contributed by atoms with Gasteiger partial charge in [0.25, 0.3) is 0 Å². The molecule has 108 valence electrons. The van der Waals surface area contributed by atoms with Crippen molar-refractivity contribution in [1.82, 2.24) is 9.55 Å². The lowest BCUT2D eigenvalue weighted by Crippen LogP contribution is -2.33. The second kappa shape index (κ2) is 7.68. The van der Waals surface area contributed by atoms with Crippen molar-refractivity contribution in [2.45, 2.75) is 77.3 Å². The zero-order valence-corrected chi connectivity index (χ0v) is 12.4. The predicted molar refractivity (Wildman–Crippen MR) is 80.0 cm³/mol. The summed E-state index contributed by atoms with van der Waals surface area (Å²) in [4.78, 5) is 4.49. The lowest BCUT2D eigenvalue weighted by Gasteiger charge is -2.25. The minimum atomic E-state index is 0.288. The molecule has 0 spiro atoms. The third-order valence-electron chi connectivity index (χ3n) is 4.44. The van der Waals surface area contributed by atoms with Gasteiger partial charge in [-0.3, -0.25) is 0 Å². The number of nitrogens with zero attached hydrogens (tertiary/aromatic N) is 2. The molecule has 1 fully saturated rings. The quantitative estimate of drug-likeness (QED) is 0.883. The highest BCUT2D eigenvalue weighted by Crippen LogP contribution is 2.25. The fourth-order valence-electron chi connectivity index (χ4n) is 3.27. The summed E-state index contributed by atoms with van der Waals surface area (Å²) < 4.78 is 2.27. The van der Waals surface area contributed by atoms with E-state index in [2.05, 4.69) is 22.7 Å². The molecule has 1 atom stereocenters. The average molecular weight is 263 g/mol. The van der Waals surface area contributed by atoms with Crippen LogP contribution in [-0.2, 0) is 13.0 Å². The molecule has 2 N–H and O–H groups in total. The first-order chi connectivity index (χ1) is 9.31. The maximum Gasteiger partial charge on any atom is 0.110 e. The van der Waals surface area contributed by atoms with E-state index >= 15 is 0 Å². The zero-order chi connectivity index (χ0) is 13.5. The monoisotopic (exact) mass is 263 g/mol. The van der Waals surface area contributed by atoms with Gasteiger partial charge in [0, 0.05) is 31.4 Å². The van der Waals surface area contributed by atoms with E-state index in [0.717, 1.165) is 19.4 Å². The molecule has 3 heteroatoms. The summed E-state index contributed by atoms with van der Waals surface area (Å²) in [7, 11) is 0. The van der Waals surface area contributed by atoms with E-state index in [4.69, 9.17) is 5.73 Å². The molecule has 0 aliphatic heterocycles. The van der Waals surface area contributed by atoms with E-state index in [0.29, 0.717) is 5.92 Å². The summed E-state index contributed by atoms with van der Waals surface area (Å²) in [5.41, 5.74) is 6.47. The van der Waals surface area contributed by atoms with Crippen molar-refractivity contribution >= 4 is 0 Å². The number of aryl methyl sites for hydroxylation is 1. The standard InChI is InChI=1S/C16H29N3/c1-2-11-19-12-10-18-16(19)13-15(17)14-8-6-4-3-5-7-9-14/h10,12,14-15H,2-9,11,13,17H2,1H3. The van der Waals surface area contributed by atoms with Gasteiger partial charge in [-0.05, 0) is 25.2 Å². The van der Waals surface area contributed by atoms with Gasteiger partial charge in [0.2, 0.25) is 0 Å². The maximum absolute atomic E-state index is 6.47. The highest BCUT2D eigenvalue weighted by atomic mass is 15.1. The van der Waals surface area contributed by atoms with Gasteiger partial charge in [0.1, 0.15) is 5.82 Å². The number of aromatic nitrogens is 2. The Hall–Kier alpha value is -0.830. The molecule has 0 radical (unpaired) electrons. The Balaban J connectivity index is 1.90. The van der Waals surface area contributed by atoms with Crippen LogP contribution in [0.25, 0.3) is 0 Å². The minimum absolute atomic E-state index is 0.288. The van der Waals surface area contributed by atoms with Crippen LogP contribution in [0.15, 0.2) is 12.4 Å². The number of imidazole rings is 1. The third-order valence-corrected chi connectivity index (χ3v) is 4.44. The summed E-state index contributed by atoms with van der Waals surface area (Å²) in [6.07, 6.45) is 15.7. The zero-order valence-electron chi connectivity index (χ0n) is 12.4. The number of rotatable bonds is 5. The van der Waals surface area contributed by atoms with Crippen LogP contribution < -0.4 is 5.73 Å². The predicted octanol–water partition coefficient (Wildman–Crippen LogP) is 3.52. The van der Waals surface area contributed by atoms with Gasteiger partial charge in [0.15, 0.2) is 0 Å². The van der Waals surface area contributed by atoms with Crippen molar-refractivity contribution in [3.63, 3.8) is 0 Å². The van der Waals surface area contributed by atoms with Crippen LogP contribution in [0.2, 0.25) is 0 Å². The first-order valence-electron chi connectivity index (χ1n) is 8.07. The van der Waals surface area contributed by atoms with Crippen molar-refractivity contribution < 1.29 is 0 Å². The van der Waals surface area contributed by atoms with E-state index < -0.39 is 0 Å². The van der Waals surface area contributed by atoms with Gasteiger partial charge >= 0.3 is 0 Å². The fourth-order valence-corrected chi connectivity index (χ4v) is 3.27. The second-order valence-electron chi connectivity index (χ2n) is 6.01. The molecule has 0 amide bonds. The summed E-state index contributed by atoms with van der Waals surface area (Å²) in [6, 6.07) is 0.288. The summed E-state index contributed by atoms with van der Waals surface area (Å²) in [6.45, 7) is 3.27. The van der Waals surface area contributed by atoms with Crippen molar-refractivity contribution in [3.8, 4) is 0 Å². The lowest BCUT2D eigenvalue weighted by molar-refractivity contribution is 0.317. The molecule has 1 aromatic rings. The Morgan fingerprint density at radius 2 is 1.95 bits per heavy atom. The minimum Gasteiger partial charge on any atom is -0.335 e. The normalized spacial score (nSPS) is 19.9. The summed E-state index contributed by atoms with van der Waals surface area (Å²) >= 11 is 0. The molecule has 1 aliphatic carbocycles. The Morgan fingerprint density at radius 3 is 2.63 bits per heavy atom. The number of nitrogens with two attached hydrogens (primary N) is 1. The van der Waals surface area contributed by atoms with E-state index in [1.54, 1.807) is 0 Å². The Labute approximate surface area is 117 Å². The molecule has 0 aromatic carbocycles. The van der Waals surface area contributed by atoms with Gasteiger partial charge in [-0.25, -0.2) is 4.98 Å². The number of hydrogen-bond acceptors (Lipinski definition) is 2. The first-order valence-corrected chi connectivity index (χ1v) is 8.07. The van der Waals surface area contributed by atoms with Crippen LogP contribution in [0.3, 0.4) is 0 Å². The molecule has 2 rings (SSSR count). The van der Waals surface area contributed by atoms with Crippen molar-refractivity contribution in [1.29, 1.82) is 0 Å². The lowest BCUT2D eigenvalue weighted by atomic mass is 9.85. The molecular weight excluding hydrogens is 234 g/mol. The molecule has 19 heavy (non-hydrogen) atoms.